The van der Waals surface area contributed by atoms with Crippen molar-refractivity contribution in [1.29, 1.82) is 0 Å². The first-order chi connectivity index (χ1) is 14.1. The summed E-state index contributed by atoms with van der Waals surface area (Å²) >= 11 is 1.36. The molecule has 1 amide bonds. The molecule has 1 aliphatic heterocycles. The molecule has 5 nitrogen and oxygen atoms in total. The smallest absolute Gasteiger partial charge is 0.232 e. The molecule has 2 heterocycles. The zero-order valence-corrected chi connectivity index (χ0v) is 18.6. The van der Waals surface area contributed by atoms with Gasteiger partial charge in [0.2, 0.25) is 5.91 Å². The number of guanidine groups is 1. The highest BCUT2D eigenvalue weighted by atomic mass is 32.1. The first-order valence-corrected chi connectivity index (χ1v) is 10.9. The molecule has 1 aromatic carbocycles. The van der Waals surface area contributed by atoms with Crippen molar-refractivity contribution in [3.05, 3.63) is 57.5 Å². The lowest BCUT2D eigenvalue weighted by Gasteiger charge is -2.37. The van der Waals surface area contributed by atoms with E-state index in [9.17, 15) is 14.0 Å². The first kappa shape index (κ1) is 22.2. The van der Waals surface area contributed by atoms with E-state index in [2.05, 4.69) is 4.99 Å². The van der Waals surface area contributed by atoms with Crippen molar-refractivity contribution in [3.8, 4) is 0 Å². The van der Waals surface area contributed by atoms with E-state index in [4.69, 9.17) is 5.73 Å². The Kier molecular flexibility index (Phi) is 6.41. The van der Waals surface area contributed by atoms with E-state index in [1.165, 1.54) is 28.4 Å². The Morgan fingerprint density at radius 3 is 2.67 bits per heavy atom. The number of thiophene rings is 1. The van der Waals surface area contributed by atoms with Crippen molar-refractivity contribution in [2.75, 3.05) is 0 Å². The van der Waals surface area contributed by atoms with Crippen LogP contribution in [0.4, 0.5) is 4.39 Å². The van der Waals surface area contributed by atoms with Gasteiger partial charge in [-0.1, -0.05) is 32.9 Å². The van der Waals surface area contributed by atoms with Gasteiger partial charge in [-0.05, 0) is 48.6 Å². The molecule has 0 fully saturated rings. The van der Waals surface area contributed by atoms with Crippen LogP contribution in [0, 0.1) is 11.7 Å². The lowest BCUT2D eigenvalue weighted by Crippen LogP contribution is -2.51. The maximum absolute atomic E-state index is 13.4. The van der Waals surface area contributed by atoms with Gasteiger partial charge < -0.3 is 5.73 Å². The van der Waals surface area contributed by atoms with Gasteiger partial charge in [0.05, 0.1) is 23.4 Å². The lowest BCUT2D eigenvalue weighted by atomic mass is 9.84. The van der Waals surface area contributed by atoms with Gasteiger partial charge in [0.1, 0.15) is 5.82 Å². The number of hydrogen-bond donors (Lipinski definition) is 1. The Morgan fingerprint density at radius 2 is 2.03 bits per heavy atom. The van der Waals surface area contributed by atoms with Crippen molar-refractivity contribution in [2.45, 2.75) is 58.5 Å². The summed E-state index contributed by atoms with van der Waals surface area (Å²) in [5.74, 6) is -0.0125. The SMILES string of the molecule is CC(C)[C@]1(C)CC(=O)N(Cc2ccc(C(=O)C[C@@H](C)c3cccc(F)c3)s2)C(N)=N1. The maximum atomic E-state index is 13.4. The zero-order valence-electron chi connectivity index (χ0n) is 17.8. The fourth-order valence-corrected chi connectivity index (χ4v) is 4.42. The molecule has 0 bridgehead atoms. The van der Waals surface area contributed by atoms with Gasteiger partial charge in [0, 0.05) is 11.3 Å². The number of rotatable bonds is 7. The van der Waals surface area contributed by atoms with Crippen molar-refractivity contribution >= 4 is 29.0 Å². The molecule has 0 saturated carbocycles. The van der Waals surface area contributed by atoms with Crippen LogP contribution in [0.1, 0.15) is 66.6 Å². The third kappa shape index (κ3) is 4.78. The second kappa shape index (κ2) is 8.68. The molecule has 30 heavy (non-hydrogen) atoms. The van der Waals surface area contributed by atoms with E-state index >= 15 is 0 Å². The Bertz CT molecular complexity index is 984. The number of nitrogens with zero attached hydrogens (tertiary/aromatic N) is 2. The summed E-state index contributed by atoms with van der Waals surface area (Å²) < 4.78 is 13.4. The molecule has 7 heteroatoms. The number of aliphatic imine (C=N–C) groups is 1. The monoisotopic (exact) mass is 429 g/mol. The number of nitrogens with two attached hydrogens (primary N) is 1. The van der Waals surface area contributed by atoms with Crippen LogP contribution < -0.4 is 5.73 Å². The van der Waals surface area contributed by atoms with Crippen molar-refractivity contribution in [1.82, 2.24) is 4.90 Å². The zero-order chi connectivity index (χ0) is 22.1. The molecule has 2 atom stereocenters. The van der Waals surface area contributed by atoms with Crippen LogP contribution in [0.2, 0.25) is 0 Å². The van der Waals surface area contributed by atoms with Crippen LogP contribution in [0.5, 0.6) is 0 Å². The van der Waals surface area contributed by atoms with Crippen LogP contribution in [0.15, 0.2) is 41.4 Å². The summed E-state index contributed by atoms with van der Waals surface area (Å²) in [7, 11) is 0. The Labute approximate surface area is 180 Å². The van der Waals surface area contributed by atoms with Crippen LogP contribution in [-0.2, 0) is 11.3 Å². The molecule has 160 valence electrons. The Balaban J connectivity index is 1.68. The number of carbonyl (C=O) groups is 2. The average Bonchev–Trinajstić information content (AvgIpc) is 3.13. The quantitative estimate of drug-likeness (QED) is 0.647. The molecular formula is C23H28FN3O2S. The van der Waals surface area contributed by atoms with E-state index < -0.39 is 5.54 Å². The normalized spacial score (nSPS) is 20.4. The summed E-state index contributed by atoms with van der Waals surface area (Å²) in [6, 6.07) is 9.97. The predicted octanol–water partition coefficient (Wildman–Crippen LogP) is 4.73. The fourth-order valence-electron chi connectivity index (χ4n) is 3.47. The van der Waals surface area contributed by atoms with Gasteiger partial charge in [0.25, 0.3) is 0 Å². The fraction of sp³-hybridized carbons (Fsp3) is 0.435. The molecule has 2 N–H and O–H groups in total. The highest BCUT2D eigenvalue weighted by molar-refractivity contribution is 7.14. The second-order valence-corrected chi connectivity index (χ2v) is 9.66. The van der Waals surface area contributed by atoms with Gasteiger partial charge in [-0.25, -0.2) is 9.38 Å². The standard InChI is InChI=1S/C23H28FN3O2S/c1-14(2)23(4)12-21(29)27(22(25)26-23)13-18-8-9-20(30-18)19(28)10-15(3)16-6-5-7-17(24)11-16/h5-9,11,14-15H,10,12-13H2,1-4H3,(H2,25,26)/t15-,23+/m1/s1. The van der Waals surface area contributed by atoms with Crippen molar-refractivity contribution in [3.63, 3.8) is 0 Å². The van der Waals surface area contributed by atoms with E-state index in [-0.39, 0.29) is 35.3 Å². The van der Waals surface area contributed by atoms with E-state index in [0.29, 0.717) is 24.3 Å². The Hall–Kier alpha value is -2.54. The third-order valence-corrected chi connectivity index (χ3v) is 6.97. The molecule has 0 radical (unpaired) electrons. The minimum Gasteiger partial charge on any atom is -0.369 e. The Morgan fingerprint density at radius 1 is 1.30 bits per heavy atom. The first-order valence-electron chi connectivity index (χ1n) is 10.1. The maximum Gasteiger partial charge on any atom is 0.232 e. The van der Waals surface area contributed by atoms with Crippen molar-refractivity contribution < 1.29 is 14.0 Å². The highest BCUT2D eigenvalue weighted by Crippen LogP contribution is 2.31. The lowest BCUT2D eigenvalue weighted by molar-refractivity contribution is -0.130. The number of hydrogen-bond acceptors (Lipinski definition) is 5. The predicted molar refractivity (Wildman–Crippen MR) is 118 cm³/mol. The third-order valence-electron chi connectivity index (χ3n) is 5.86. The molecule has 0 spiro atoms. The molecule has 3 rings (SSSR count). The highest BCUT2D eigenvalue weighted by Gasteiger charge is 2.38. The number of Topliss-reactive ketones (excluding diaryl/α,β-unsaturated/α-hetero) is 1. The molecule has 1 aliphatic rings. The summed E-state index contributed by atoms with van der Waals surface area (Å²) in [5.41, 5.74) is 6.42. The minimum absolute atomic E-state index is 0.00186. The molecule has 0 aliphatic carbocycles. The number of carbonyl (C=O) groups excluding carboxylic acids is 2. The minimum atomic E-state index is -0.485. The van der Waals surface area contributed by atoms with Gasteiger partial charge >= 0.3 is 0 Å². The molecule has 0 saturated heterocycles. The molecule has 1 aromatic heterocycles. The van der Waals surface area contributed by atoms with Crippen LogP contribution in [0.3, 0.4) is 0 Å². The molecule has 0 unspecified atom stereocenters. The number of ketones is 1. The summed E-state index contributed by atoms with van der Waals surface area (Å²) in [6.45, 7) is 8.22. The average molecular weight is 430 g/mol. The topological polar surface area (TPSA) is 75.8 Å². The van der Waals surface area contributed by atoms with Crippen molar-refractivity contribution in [2.24, 2.45) is 16.6 Å². The summed E-state index contributed by atoms with van der Waals surface area (Å²) in [4.78, 5) is 32.9. The van der Waals surface area contributed by atoms with Gasteiger partial charge in [-0.15, -0.1) is 11.3 Å². The van der Waals surface area contributed by atoms with Gasteiger partial charge in [0.15, 0.2) is 11.7 Å². The van der Waals surface area contributed by atoms with E-state index in [0.717, 1.165) is 10.4 Å². The molecular weight excluding hydrogens is 401 g/mol. The number of amides is 1. The van der Waals surface area contributed by atoms with Crippen LogP contribution in [-0.4, -0.2) is 28.1 Å². The summed E-state index contributed by atoms with van der Waals surface area (Å²) in [5, 5.41) is 0. The number of benzene rings is 1. The largest absolute Gasteiger partial charge is 0.369 e. The molecule has 2 aromatic rings. The van der Waals surface area contributed by atoms with Crippen LogP contribution in [0.25, 0.3) is 0 Å². The second-order valence-electron chi connectivity index (χ2n) is 8.49. The van der Waals surface area contributed by atoms with E-state index in [1.54, 1.807) is 12.1 Å². The summed E-state index contributed by atoms with van der Waals surface area (Å²) in [6.07, 6.45) is 0.607. The van der Waals surface area contributed by atoms with Crippen LogP contribution >= 0.6 is 11.3 Å². The van der Waals surface area contributed by atoms with Gasteiger partial charge in [-0.3, -0.25) is 14.5 Å². The van der Waals surface area contributed by atoms with E-state index in [1.807, 2.05) is 39.8 Å². The van der Waals surface area contributed by atoms with Gasteiger partial charge in [-0.2, -0.15) is 0 Å². The number of halogens is 1.